The van der Waals surface area contributed by atoms with Crippen molar-refractivity contribution in [3.05, 3.63) is 47.8 Å². The fraction of sp³-hybridized carbons (Fsp3) is 0.536. The van der Waals surface area contributed by atoms with E-state index in [-0.39, 0.29) is 45.3 Å². The molecule has 3 fully saturated rings. The van der Waals surface area contributed by atoms with Crippen LogP contribution in [0.15, 0.2) is 30.9 Å². The van der Waals surface area contributed by atoms with Gasteiger partial charge >= 0.3 is 12.1 Å². The lowest BCUT2D eigenvalue weighted by atomic mass is 9.96. The summed E-state index contributed by atoms with van der Waals surface area (Å²) >= 11 is 0. The van der Waals surface area contributed by atoms with Gasteiger partial charge in [-0.25, -0.2) is 17.6 Å². The Bertz CT molecular complexity index is 1480. The molecule has 4 atom stereocenters. The van der Waals surface area contributed by atoms with Crippen molar-refractivity contribution in [3.8, 4) is 0 Å². The number of nitrogens with zero attached hydrogens (tertiary/aromatic N) is 2. The monoisotopic (exact) mass is 620 g/mol. The van der Waals surface area contributed by atoms with Gasteiger partial charge in [-0.15, -0.1) is 6.58 Å². The van der Waals surface area contributed by atoms with Gasteiger partial charge in [0.2, 0.25) is 15.9 Å². The summed E-state index contributed by atoms with van der Waals surface area (Å²) in [7, 11) is -3.92. The Kier molecular flexibility index (Phi) is 8.20. The average molecular weight is 621 g/mol. The van der Waals surface area contributed by atoms with Crippen LogP contribution in [0.3, 0.4) is 0 Å². The third kappa shape index (κ3) is 6.36. The van der Waals surface area contributed by atoms with E-state index < -0.39 is 74.7 Å². The Morgan fingerprint density at radius 2 is 1.95 bits per heavy atom. The number of hydrogen-bond donors (Lipinski definition) is 2. The summed E-state index contributed by atoms with van der Waals surface area (Å²) < 4.78 is 51.8. The van der Waals surface area contributed by atoms with Crippen LogP contribution in [0.1, 0.15) is 56.6 Å². The number of rotatable bonds is 9. The number of ether oxygens (including phenoxy) is 2. The van der Waals surface area contributed by atoms with Crippen LogP contribution in [0.5, 0.6) is 0 Å². The van der Waals surface area contributed by atoms with Crippen LogP contribution in [0.4, 0.5) is 9.18 Å². The summed E-state index contributed by atoms with van der Waals surface area (Å²) in [6.07, 6.45) is -0.774. The minimum absolute atomic E-state index is 0.00305. The van der Waals surface area contributed by atoms with Gasteiger partial charge in [0.15, 0.2) is 6.10 Å². The molecule has 232 valence electrons. The predicted molar refractivity (Wildman–Crippen MR) is 147 cm³/mol. The minimum Gasteiger partial charge on any atom is -0.452 e. The number of carbonyl (C=O) groups excluding carboxylic acids is 5. The number of fused-ring (bicyclic) bond motifs is 1. The molecule has 1 unspecified atom stereocenters. The molecule has 1 aliphatic carbocycles. The van der Waals surface area contributed by atoms with E-state index >= 15 is 0 Å². The lowest BCUT2D eigenvalue weighted by molar-refractivity contribution is -0.154. The highest BCUT2D eigenvalue weighted by molar-refractivity contribution is 7.90. The fourth-order valence-corrected chi connectivity index (χ4v) is 6.94. The molecule has 1 aromatic carbocycles. The first-order valence-corrected chi connectivity index (χ1v) is 15.6. The predicted octanol–water partition coefficient (Wildman–Crippen LogP) is 1.01. The molecular formula is C28H33FN4O9S. The van der Waals surface area contributed by atoms with Crippen LogP contribution < -0.4 is 10.0 Å². The third-order valence-electron chi connectivity index (χ3n) is 8.11. The van der Waals surface area contributed by atoms with Gasteiger partial charge in [0.1, 0.15) is 23.5 Å². The van der Waals surface area contributed by atoms with E-state index in [0.717, 1.165) is 4.90 Å². The Balaban J connectivity index is 1.31. The zero-order valence-corrected chi connectivity index (χ0v) is 24.4. The lowest BCUT2D eigenvalue weighted by Crippen LogP contribution is -2.61. The third-order valence-corrected chi connectivity index (χ3v) is 9.93. The molecule has 4 aliphatic rings. The van der Waals surface area contributed by atoms with Crippen molar-refractivity contribution in [1.29, 1.82) is 0 Å². The van der Waals surface area contributed by atoms with E-state index in [1.807, 2.05) is 4.72 Å². The molecule has 5 rings (SSSR count). The van der Waals surface area contributed by atoms with E-state index in [0.29, 0.717) is 24.0 Å². The zero-order valence-electron chi connectivity index (χ0n) is 23.5. The standard InChI is InChI=1S/C28H33FN4O9S/c1-3-11-28(2,26(37)31-43(39,40)18-7-8-18)30-24(35)21-12-17(14-33(21)25(36)22-9-10-23(34)42-22)41-27(38)32-13-16-5-4-6-20(29)19(16)15-32/h3-6,17-18,21-22H,1,7-15H2,2H3,(H,30,35)(H,31,37)/t17?,21-,22+,28-/m0/s1. The highest BCUT2D eigenvalue weighted by Gasteiger charge is 2.48. The Labute approximate surface area is 247 Å². The van der Waals surface area contributed by atoms with E-state index in [1.54, 1.807) is 12.1 Å². The molecule has 3 aliphatic heterocycles. The normalized spacial score (nSPS) is 24.5. The quantitative estimate of drug-likeness (QED) is 0.302. The molecule has 0 radical (unpaired) electrons. The molecular weight excluding hydrogens is 587 g/mol. The first-order valence-electron chi connectivity index (χ1n) is 14.0. The van der Waals surface area contributed by atoms with Crippen molar-refractivity contribution in [2.24, 2.45) is 0 Å². The molecule has 0 spiro atoms. The number of esters is 1. The summed E-state index contributed by atoms with van der Waals surface area (Å²) in [4.78, 5) is 67.3. The molecule has 0 aromatic heterocycles. The topological polar surface area (TPSA) is 168 Å². The maximum atomic E-state index is 14.2. The molecule has 1 aromatic rings. The number of sulfonamides is 1. The molecule has 3 heterocycles. The lowest BCUT2D eigenvalue weighted by Gasteiger charge is -2.32. The summed E-state index contributed by atoms with van der Waals surface area (Å²) in [5, 5.41) is 1.89. The van der Waals surface area contributed by atoms with Crippen LogP contribution >= 0.6 is 0 Å². The second kappa shape index (κ2) is 11.6. The first kappa shape index (κ1) is 30.4. The van der Waals surface area contributed by atoms with Crippen molar-refractivity contribution in [2.45, 2.75) is 87.6 Å². The molecule has 2 N–H and O–H groups in total. The van der Waals surface area contributed by atoms with Crippen molar-refractivity contribution in [1.82, 2.24) is 19.8 Å². The van der Waals surface area contributed by atoms with Gasteiger partial charge in [-0.3, -0.25) is 28.8 Å². The molecule has 13 nitrogen and oxygen atoms in total. The minimum atomic E-state index is -3.92. The van der Waals surface area contributed by atoms with Gasteiger partial charge in [-0.2, -0.15) is 0 Å². The van der Waals surface area contributed by atoms with Gasteiger partial charge in [-0.1, -0.05) is 18.2 Å². The van der Waals surface area contributed by atoms with E-state index in [4.69, 9.17) is 9.47 Å². The maximum absolute atomic E-state index is 14.2. The van der Waals surface area contributed by atoms with Crippen LogP contribution in [0.2, 0.25) is 0 Å². The summed E-state index contributed by atoms with van der Waals surface area (Å²) in [6.45, 7) is 4.86. The molecule has 15 heteroatoms. The Morgan fingerprint density at radius 1 is 1.21 bits per heavy atom. The molecule has 2 saturated heterocycles. The number of benzene rings is 1. The number of likely N-dealkylation sites (tertiary alicyclic amines) is 1. The van der Waals surface area contributed by atoms with Crippen molar-refractivity contribution in [2.75, 3.05) is 6.54 Å². The van der Waals surface area contributed by atoms with Gasteiger partial charge < -0.3 is 19.7 Å². The highest BCUT2D eigenvalue weighted by Crippen LogP contribution is 2.30. The van der Waals surface area contributed by atoms with Gasteiger partial charge in [0.25, 0.3) is 11.8 Å². The summed E-state index contributed by atoms with van der Waals surface area (Å²) in [5.41, 5.74) is -0.717. The van der Waals surface area contributed by atoms with Crippen LogP contribution in [0, 0.1) is 5.82 Å². The number of amides is 4. The first-order chi connectivity index (χ1) is 20.3. The number of halogens is 1. The van der Waals surface area contributed by atoms with Crippen molar-refractivity contribution >= 4 is 39.8 Å². The molecule has 0 bridgehead atoms. The zero-order chi connectivity index (χ0) is 31.1. The Hall–Kier alpha value is -4.01. The van der Waals surface area contributed by atoms with Gasteiger partial charge in [-0.05, 0) is 37.8 Å². The fourth-order valence-electron chi connectivity index (χ4n) is 5.53. The Morgan fingerprint density at radius 3 is 2.58 bits per heavy atom. The van der Waals surface area contributed by atoms with E-state index in [9.17, 15) is 36.8 Å². The number of cyclic esters (lactones) is 1. The largest absolute Gasteiger partial charge is 0.452 e. The summed E-state index contributed by atoms with van der Waals surface area (Å²) in [6, 6.07) is 3.31. The average Bonchev–Trinajstić information content (AvgIpc) is 3.37. The number of nitrogens with one attached hydrogen (secondary N) is 2. The molecule has 1 saturated carbocycles. The van der Waals surface area contributed by atoms with Crippen molar-refractivity contribution < 1.29 is 46.3 Å². The van der Waals surface area contributed by atoms with Gasteiger partial charge in [0.05, 0.1) is 18.3 Å². The molecule has 43 heavy (non-hydrogen) atoms. The maximum Gasteiger partial charge on any atom is 0.410 e. The van der Waals surface area contributed by atoms with Crippen LogP contribution in [-0.4, -0.2) is 83.6 Å². The van der Waals surface area contributed by atoms with Gasteiger partial charge in [0, 0.05) is 31.4 Å². The van der Waals surface area contributed by atoms with E-state index in [2.05, 4.69) is 11.9 Å². The number of carbonyl (C=O) groups is 5. The highest BCUT2D eigenvalue weighted by atomic mass is 32.2. The van der Waals surface area contributed by atoms with E-state index in [1.165, 1.54) is 24.0 Å². The SMILES string of the molecule is C=CC[C@](C)(NC(=O)[C@@H]1CC(OC(=O)N2Cc3cccc(F)c3C2)CN1C(=O)[C@H]1CCC(=O)O1)C(=O)NS(=O)(=O)C1CC1. The number of hydrogen-bond acceptors (Lipinski definition) is 9. The molecule has 4 amide bonds. The van der Waals surface area contributed by atoms with Crippen LogP contribution in [0.25, 0.3) is 0 Å². The smallest absolute Gasteiger partial charge is 0.410 e. The van der Waals surface area contributed by atoms with Crippen LogP contribution in [-0.2, 0) is 51.8 Å². The second-order valence-electron chi connectivity index (χ2n) is 11.5. The second-order valence-corrected chi connectivity index (χ2v) is 13.4. The van der Waals surface area contributed by atoms with Crippen molar-refractivity contribution in [3.63, 3.8) is 0 Å². The summed E-state index contributed by atoms with van der Waals surface area (Å²) in [5.74, 6) is -3.42.